The average molecular weight is 585 g/mol. The molecule has 9 aromatic carbocycles. The fourth-order valence-electron chi connectivity index (χ4n) is 8.22. The van der Waals surface area contributed by atoms with Crippen LogP contribution in [-0.4, -0.2) is 0 Å². The van der Waals surface area contributed by atoms with Gasteiger partial charge in [0.05, 0.1) is 0 Å². The second kappa shape index (κ2) is 8.57. The maximum atomic E-state index is 2.47. The third-order valence-electron chi connectivity index (χ3n) is 10.2. The summed E-state index contributed by atoms with van der Waals surface area (Å²) in [5.41, 5.74) is 7.95. The van der Waals surface area contributed by atoms with E-state index in [9.17, 15) is 0 Å². The fourth-order valence-corrected chi connectivity index (χ4v) is 9.33. The molecule has 0 unspecified atom stereocenters. The Morgan fingerprint density at radius 1 is 0.289 bits per heavy atom. The van der Waals surface area contributed by atoms with Crippen LogP contribution in [-0.2, 0) is 0 Å². The molecule has 206 valence electrons. The fraction of sp³-hybridized carbons (Fsp3) is 0. The number of benzene rings is 9. The molecule has 0 saturated carbocycles. The zero-order chi connectivity index (χ0) is 29.2. The normalized spacial score (nSPS) is 12.4. The van der Waals surface area contributed by atoms with Gasteiger partial charge in [-0.3, -0.25) is 0 Å². The largest absolute Gasteiger partial charge is 0.135 e. The Kier molecular flexibility index (Phi) is 4.55. The van der Waals surface area contributed by atoms with E-state index in [1.807, 2.05) is 11.3 Å². The van der Waals surface area contributed by atoms with Crippen LogP contribution in [0.5, 0.6) is 0 Å². The highest BCUT2D eigenvalue weighted by Gasteiger charge is 2.22. The molecule has 0 radical (unpaired) electrons. The summed E-state index contributed by atoms with van der Waals surface area (Å²) in [6.45, 7) is 0. The lowest BCUT2D eigenvalue weighted by Gasteiger charge is -2.13. The Bertz CT molecular complexity index is 2890. The molecular formula is C44H24S. The van der Waals surface area contributed by atoms with Gasteiger partial charge in [-0.05, 0) is 112 Å². The molecule has 11 rings (SSSR count). The van der Waals surface area contributed by atoms with Gasteiger partial charge < -0.3 is 0 Å². The van der Waals surface area contributed by atoms with Crippen molar-refractivity contribution in [3.8, 4) is 33.4 Å². The SMILES string of the molecule is c1ccc2c(c1)-c1cccc3c(-c4ccc5sc6cc7c(cc6c5c4)c4ccccc4c4ccc5ccccc5c47)ccc-2c13. The van der Waals surface area contributed by atoms with E-state index in [4.69, 9.17) is 0 Å². The van der Waals surface area contributed by atoms with E-state index >= 15 is 0 Å². The molecule has 0 bridgehead atoms. The highest BCUT2D eigenvalue weighted by Crippen LogP contribution is 2.50. The first-order valence-electron chi connectivity index (χ1n) is 15.6. The molecule has 1 heteroatoms. The van der Waals surface area contributed by atoms with E-state index in [0.717, 1.165) is 0 Å². The van der Waals surface area contributed by atoms with Gasteiger partial charge >= 0.3 is 0 Å². The number of rotatable bonds is 1. The smallest absolute Gasteiger partial charge is 0.0362 e. The van der Waals surface area contributed by atoms with Crippen LogP contribution in [0.3, 0.4) is 0 Å². The Hall–Kier alpha value is -5.50. The van der Waals surface area contributed by atoms with Crippen LogP contribution in [0, 0.1) is 0 Å². The summed E-state index contributed by atoms with van der Waals surface area (Å²) in [5.74, 6) is 0. The quantitative estimate of drug-likeness (QED) is 0.168. The Labute approximate surface area is 263 Å². The van der Waals surface area contributed by atoms with E-state index in [-0.39, 0.29) is 0 Å². The molecule has 0 nitrogen and oxygen atoms in total. The van der Waals surface area contributed by atoms with Crippen LogP contribution in [0.15, 0.2) is 146 Å². The van der Waals surface area contributed by atoms with Crippen LogP contribution in [0.25, 0.3) is 107 Å². The third-order valence-corrected chi connectivity index (χ3v) is 11.3. The van der Waals surface area contributed by atoms with Crippen molar-refractivity contribution in [3.63, 3.8) is 0 Å². The third kappa shape index (κ3) is 3.11. The molecule has 0 N–H and O–H groups in total. The molecule has 0 spiro atoms. The minimum absolute atomic E-state index is 1.27. The first-order valence-corrected chi connectivity index (χ1v) is 16.4. The zero-order valence-corrected chi connectivity index (χ0v) is 25.1. The van der Waals surface area contributed by atoms with Crippen molar-refractivity contribution < 1.29 is 0 Å². The minimum Gasteiger partial charge on any atom is -0.135 e. The van der Waals surface area contributed by atoms with Crippen molar-refractivity contribution in [1.82, 2.24) is 0 Å². The van der Waals surface area contributed by atoms with Crippen LogP contribution in [0.4, 0.5) is 0 Å². The lowest BCUT2D eigenvalue weighted by molar-refractivity contribution is 1.69. The Balaban J connectivity index is 1.21. The van der Waals surface area contributed by atoms with Crippen molar-refractivity contribution in [1.29, 1.82) is 0 Å². The van der Waals surface area contributed by atoms with Crippen molar-refractivity contribution in [3.05, 3.63) is 146 Å². The predicted molar refractivity (Wildman–Crippen MR) is 197 cm³/mol. The molecule has 1 aliphatic carbocycles. The van der Waals surface area contributed by atoms with Crippen molar-refractivity contribution in [2.24, 2.45) is 0 Å². The second-order valence-electron chi connectivity index (χ2n) is 12.4. The monoisotopic (exact) mass is 584 g/mol. The standard InChI is InChI=1S/C44H24S/c1-2-9-28-25(8-1)16-18-35-31-12-5-6-13-32(31)37-23-39-38-22-26(17-21-41(38)45-42(39)24-40(37)43(28)35)27-19-20-36-30-11-4-3-10-29(30)34-15-7-14-33(27)44(34)36/h1-24H. The van der Waals surface area contributed by atoms with Gasteiger partial charge in [0.2, 0.25) is 0 Å². The molecule has 0 fully saturated rings. The lowest BCUT2D eigenvalue weighted by atomic mass is 9.90. The van der Waals surface area contributed by atoms with Crippen LogP contribution in [0.1, 0.15) is 0 Å². The number of fused-ring (bicyclic) bond motifs is 14. The molecular weight excluding hydrogens is 561 g/mol. The molecule has 0 atom stereocenters. The lowest BCUT2D eigenvalue weighted by Crippen LogP contribution is -1.85. The summed E-state index contributed by atoms with van der Waals surface area (Å²) in [6, 6.07) is 54.6. The molecule has 10 aromatic rings. The maximum absolute atomic E-state index is 2.47. The molecule has 1 aromatic heterocycles. The van der Waals surface area contributed by atoms with Crippen LogP contribution in [0.2, 0.25) is 0 Å². The van der Waals surface area contributed by atoms with Gasteiger partial charge in [-0.1, -0.05) is 121 Å². The summed E-state index contributed by atoms with van der Waals surface area (Å²) in [6.07, 6.45) is 0. The van der Waals surface area contributed by atoms with Crippen molar-refractivity contribution >= 4 is 85.4 Å². The van der Waals surface area contributed by atoms with Gasteiger partial charge in [-0.15, -0.1) is 11.3 Å². The van der Waals surface area contributed by atoms with E-state index in [2.05, 4.69) is 146 Å². The summed E-state index contributed by atoms with van der Waals surface area (Å²) in [7, 11) is 0. The summed E-state index contributed by atoms with van der Waals surface area (Å²) < 4.78 is 2.68. The highest BCUT2D eigenvalue weighted by atomic mass is 32.1. The number of hydrogen-bond donors (Lipinski definition) is 0. The maximum Gasteiger partial charge on any atom is 0.0362 e. The van der Waals surface area contributed by atoms with Crippen molar-refractivity contribution in [2.45, 2.75) is 0 Å². The van der Waals surface area contributed by atoms with E-state index in [1.54, 1.807) is 0 Å². The van der Waals surface area contributed by atoms with E-state index in [0.29, 0.717) is 0 Å². The van der Waals surface area contributed by atoms with Gasteiger partial charge in [-0.25, -0.2) is 0 Å². The summed E-state index contributed by atoms with van der Waals surface area (Å²) in [5, 5.41) is 16.0. The van der Waals surface area contributed by atoms with Crippen LogP contribution >= 0.6 is 11.3 Å². The summed E-state index contributed by atoms with van der Waals surface area (Å²) >= 11 is 1.91. The van der Waals surface area contributed by atoms with Gasteiger partial charge in [0.1, 0.15) is 0 Å². The first-order chi connectivity index (χ1) is 22.3. The van der Waals surface area contributed by atoms with Crippen LogP contribution < -0.4 is 0 Å². The first kappa shape index (κ1) is 23.9. The summed E-state index contributed by atoms with van der Waals surface area (Å²) in [4.78, 5) is 0. The second-order valence-corrected chi connectivity index (χ2v) is 13.5. The van der Waals surface area contributed by atoms with Gasteiger partial charge in [-0.2, -0.15) is 0 Å². The number of thiophene rings is 1. The molecule has 1 aliphatic rings. The van der Waals surface area contributed by atoms with Gasteiger partial charge in [0.25, 0.3) is 0 Å². The molecule has 45 heavy (non-hydrogen) atoms. The molecule has 1 heterocycles. The highest BCUT2D eigenvalue weighted by molar-refractivity contribution is 7.25. The van der Waals surface area contributed by atoms with E-state index < -0.39 is 0 Å². The van der Waals surface area contributed by atoms with E-state index in [1.165, 1.54) is 107 Å². The molecule has 0 aliphatic heterocycles. The van der Waals surface area contributed by atoms with Crippen molar-refractivity contribution in [2.75, 3.05) is 0 Å². The Morgan fingerprint density at radius 2 is 0.956 bits per heavy atom. The average Bonchev–Trinajstić information content (AvgIpc) is 3.63. The van der Waals surface area contributed by atoms with Gasteiger partial charge in [0.15, 0.2) is 0 Å². The molecule has 0 saturated heterocycles. The topological polar surface area (TPSA) is 0 Å². The van der Waals surface area contributed by atoms with Gasteiger partial charge in [0, 0.05) is 20.2 Å². The predicted octanol–water partition coefficient (Wildman–Crippen LogP) is 13.1. The molecule has 0 amide bonds. The minimum atomic E-state index is 1.27. The zero-order valence-electron chi connectivity index (χ0n) is 24.3. The Morgan fingerprint density at radius 3 is 1.82 bits per heavy atom. The number of hydrogen-bond acceptors (Lipinski definition) is 1.